The first-order valence-corrected chi connectivity index (χ1v) is 9.22. The molecule has 2 aromatic rings. The Morgan fingerprint density at radius 1 is 1.35 bits per heavy atom. The highest BCUT2D eigenvalue weighted by molar-refractivity contribution is 9.10. The molecule has 0 spiro atoms. The van der Waals surface area contributed by atoms with E-state index in [-0.39, 0.29) is 12.3 Å². The Balaban J connectivity index is 2.08. The maximum atomic E-state index is 13.1. The van der Waals surface area contributed by atoms with Crippen LogP contribution in [0.4, 0.5) is 5.69 Å². The number of Topliss-reactive ketones (excluding diaryl/α,β-unsaturated/α-hetero) is 1. The zero-order valence-corrected chi connectivity index (χ0v) is 16.4. The van der Waals surface area contributed by atoms with Gasteiger partial charge in [-0.15, -0.1) is 6.58 Å². The molecule has 1 aliphatic rings. The maximum Gasteiger partial charge on any atom is 0.264 e. The molecule has 1 amide bonds. The predicted molar refractivity (Wildman–Crippen MR) is 106 cm³/mol. The number of carbonyl (C=O) groups excluding carboxylic acids is 2. The van der Waals surface area contributed by atoms with Crippen LogP contribution in [0.25, 0.3) is 0 Å². The zero-order chi connectivity index (χ0) is 19.1. The molecule has 0 radical (unpaired) electrons. The molecule has 0 aliphatic carbocycles. The lowest BCUT2D eigenvalue weighted by Gasteiger charge is -2.28. The average molecular weight is 435 g/mol. The fraction of sp³-hybridized carbons (Fsp3) is 0.200. The number of ketones is 1. The number of aliphatic hydroxyl groups is 1. The average Bonchev–Trinajstić information content (AvgIpc) is 2.84. The van der Waals surface area contributed by atoms with Gasteiger partial charge in [0.2, 0.25) is 0 Å². The molecule has 26 heavy (non-hydrogen) atoms. The molecular formula is C20H17BrClNO3. The van der Waals surface area contributed by atoms with Crippen LogP contribution in [0.15, 0.2) is 59.6 Å². The smallest absolute Gasteiger partial charge is 0.264 e. The molecule has 2 atom stereocenters. The van der Waals surface area contributed by atoms with Gasteiger partial charge in [0.25, 0.3) is 5.91 Å². The zero-order valence-electron chi connectivity index (χ0n) is 14.1. The van der Waals surface area contributed by atoms with E-state index in [1.807, 2.05) is 0 Å². The molecule has 1 N–H and O–H groups in total. The van der Waals surface area contributed by atoms with Gasteiger partial charge in [0, 0.05) is 27.2 Å². The van der Waals surface area contributed by atoms with Crippen molar-refractivity contribution in [2.45, 2.75) is 12.5 Å². The first kappa shape index (κ1) is 18.8. The Hall–Kier alpha value is -1.95. The lowest BCUT2D eigenvalue weighted by Crippen LogP contribution is -2.47. The van der Waals surface area contributed by atoms with Gasteiger partial charge >= 0.3 is 0 Å². The monoisotopic (exact) mass is 433 g/mol. The van der Waals surface area contributed by atoms with E-state index in [4.69, 9.17) is 11.6 Å². The molecular weight excluding hydrogens is 418 g/mol. The molecule has 1 aliphatic heterocycles. The normalized spacial score (nSPS) is 20.0. The Bertz CT molecular complexity index is 896. The van der Waals surface area contributed by atoms with Crippen molar-refractivity contribution in [1.29, 1.82) is 0 Å². The lowest BCUT2D eigenvalue weighted by molar-refractivity contribution is -0.139. The van der Waals surface area contributed by atoms with Gasteiger partial charge in [-0.25, -0.2) is 0 Å². The van der Waals surface area contributed by atoms with Crippen molar-refractivity contribution >= 4 is 44.9 Å². The van der Waals surface area contributed by atoms with Crippen LogP contribution in [0.1, 0.15) is 22.8 Å². The van der Waals surface area contributed by atoms with E-state index in [2.05, 4.69) is 22.5 Å². The van der Waals surface area contributed by atoms with Gasteiger partial charge in [0.1, 0.15) is 0 Å². The van der Waals surface area contributed by atoms with Gasteiger partial charge in [0.15, 0.2) is 11.4 Å². The topological polar surface area (TPSA) is 57.6 Å². The fourth-order valence-electron chi connectivity index (χ4n) is 3.26. The van der Waals surface area contributed by atoms with E-state index in [9.17, 15) is 14.7 Å². The van der Waals surface area contributed by atoms with Crippen molar-refractivity contribution in [3.8, 4) is 0 Å². The van der Waals surface area contributed by atoms with Crippen LogP contribution in [-0.2, 0) is 10.4 Å². The standard InChI is InChI=1S/C20H17BrClNO3/c1-3-10-23-17-9-6-14(21)11-16(17)20(26,19(23)25)12(2)18(24)13-4-7-15(22)8-5-13/h3-9,11-12,26H,1,10H2,2H3/t12?,20-/m0/s1. The van der Waals surface area contributed by atoms with Crippen molar-refractivity contribution in [1.82, 2.24) is 0 Å². The third-order valence-electron chi connectivity index (χ3n) is 4.69. The Morgan fingerprint density at radius 2 is 2.00 bits per heavy atom. The van der Waals surface area contributed by atoms with E-state index in [0.29, 0.717) is 26.3 Å². The van der Waals surface area contributed by atoms with Crippen LogP contribution < -0.4 is 4.90 Å². The summed E-state index contributed by atoms with van der Waals surface area (Å²) in [5, 5.41) is 11.9. The second-order valence-electron chi connectivity index (χ2n) is 6.23. The number of hydrogen-bond acceptors (Lipinski definition) is 3. The van der Waals surface area contributed by atoms with Gasteiger partial charge in [-0.05, 0) is 42.5 Å². The quantitative estimate of drug-likeness (QED) is 0.562. The summed E-state index contributed by atoms with van der Waals surface area (Å²) in [6.07, 6.45) is 1.58. The molecule has 1 unspecified atom stereocenters. The van der Waals surface area contributed by atoms with Gasteiger partial charge < -0.3 is 10.0 Å². The van der Waals surface area contributed by atoms with Crippen LogP contribution in [0.3, 0.4) is 0 Å². The summed E-state index contributed by atoms with van der Waals surface area (Å²) in [7, 11) is 0. The highest BCUT2D eigenvalue weighted by atomic mass is 79.9. The van der Waals surface area contributed by atoms with Crippen molar-refractivity contribution < 1.29 is 14.7 Å². The number of hydrogen-bond donors (Lipinski definition) is 1. The number of amides is 1. The molecule has 0 saturated heterocycles. The molecule has 3 rings (SSSR count). The van der Waals surface area contributed by atoms with Gasteiger partial charge in [-0.1, -0.05) is 40.5 Å². The second-order valence-corrected chi connectivity index (χ2v) is 7.58. The number of nitrogens with zero attached hydrogens (tertiary/aromatic N) is 1. The van der Waals surface area contributed by atoms with Crippen molar-refractivity contribution in [3.63, 3.8) is 0 Å². The van der Waals surface area contributed by atoms with Gasteiger partial charge in [-0.2, -0.15) is 0 Å². The number of halogens is 2. The van der Waals surface area contributed by atoms with Crippen LogP contribution in [0.5, 0.6) is 0 Å². The largest absolute Gasteiger partial charge is 0.375 e. The summed E-state index contributed by atoms with van der Waals surface area (Å²) in [5.41, 5.74) is -0.564. The number of anilines is 1. The Morgan fingerprint density at radius 3 is 2.62 bits per heavy atom. The Labute approximate surface area is 165 Å². The minimum atomic E-state index is -1.95. The second kappa shape index (κ2) is 6.99. The number of rotatable bonds is 5. The lowest BCUT2D eigenvalue weighted by atomic mass is 9.79. The first-order chi connectivity index (χ1) is 12.3. The molecule has 1 heterocycles. The van der Waals surface area contributed by atoms with Gasteiger partial charge in [-0.3, -0.25) is 9.59 Å². The van der Waals surface area contributed by atoms with Crippen molar-refractivity contribution in [2.24, 2.45) is 5.92 Å². The summed E-state index contributed by atoms with van der Waals surface area (Å²) in [6.45, 7) is 5.48. The molecule has 2 aromatic carbocycles. The van der Waals surface area contributed by atoms with E-state index < -0.39 is 17.4 Å². The summed E-state index contributed by atoms with van der Waals surface area (Å²) in [5.74, 6) is -1.83. The number of carbonyl (C=O) groups is 2. The summed E-state index contributed by atoms with van der Waals surface area (Å²) in [4.78, 5) is 27.4. The highest BCUT2D eigenvalue weighted by Gasteiger charge is 2.55. The summed E-state index contributed by atoms with van der Waals surface area (Å²) < 4.78 is 0.717. The van der Waals surface area contributed by atoms with Crippen LogP contribution in [-0.4, -0.2) is 23.3 Å². The van der Waals surface area contributed by atoms with E-state index in [1.165, 1.54) is 4.90 Å². The molecule has 0 bridgehead atoms. The maximum absolute atomic E-state index is 13.1. The van der Waals surface area contributed by atoms with Crippen LogP contribution in [0, 0.1) is 5.92 Å². The third kappa shape index (κ3) is 2.90. The summed E-state index contributed by atoms with van der Waals surface area (Å²) in [6, 6.07) is 11.6. The van der Waals surface area contributed by atoms with E-state index >= 15 is 0 Å². The van der Waals surface area contributed by atoms with Crippen LogP contribution >= 0.6 is 27.5 Å². The van der Waals surface area contributed by atoms with E-state index in [0.717, 1.165) is 0 Å². The molecule has 0 aromatic heterocycles. The molecule has 134 valence electrons. The fourth-order valence-corrected chi connectivity index (χ4v) is 3.75. The van der Waals surface area contributed by atoms with E-state index in [1.54, 1.807) is 55.5 Å². The molecule has 0 fully saturated rings. The third-order valence-corrected chi connectivity index (χ3v) is 5.44. The van der Waals surface area contributed by atoms with Crippen molar-refractivity contribution in [2.75, 3.05) is 11.4 Å². The first-order valence-electron chi connectivity index (χ1n) is 8.05. The molecule has 0 saturated carbocycles. The molecule has 4 nitrogen and oxygen atoms in total. The minimum absolute atomic E-state index is 0.248. The Kier molecular flexibility index (Phi) is 5.06. The minimum Gasteiger partial charge on any atom is -0.375 e. The van der Waals surface area contributed by atoms with Crippen molar-refractivity contribution in [3.05, 3.63) is 75.7 Å². The van der Waals surface area contributed by atoms with Gasteiger partial charge in [0.05, 0.1) is 11.6 Å². The van der Waals surface area contributed by atoms with Crippen LogP contribution in [0.2, 0.25) is 5.02 Å². The molecule has 6 heteroatoms. The number of benzene rings is 2. The highest BCUT2D eigenvalue weighted by Crippen LogP contribution is 2.46. The number of fused-ring (bicyclic) bond motifs is 1. The summed E-state index contributed by atoms with van der Waals surface area (Å²) >= 11 is 9.25. The predicted octanol–water partition coefficient (Wildman–Crippen LogP) is 4.34. The SMILES string of the molecule is C=CCN1C(=O)[C@](O)(C(C)C(=O)c2ccc(Cl)cc2)c2cc(Br)ccc21.